The Morgan fingerprint density at radius 1 is 0.966 bits per heavy atom. The number of fused-ring (bicyclic) bond motifs is 5. The second kappa shape index (κ2) is 6.94. The van der Waals surface area contributed by atoms with E-state index in [4.69, 9.17) is 9.47 Å². The van der Waals surface area contributed by atoms with Crippen LogP contribution in [0.25, 0.3) is 0 Å². The fourth-order valence-electron chi connectivity index (χ4n) is 8.21. The van der Waals surface area contributed by atoms with Gasteiger partial charge < -0.3 is 19.7 Å². The molecule has 4 rings (SSSR count). The molecule has 0 heterocycles. The van der Waals surface area contributed by atoms with E-state index in [1.165, 1.54) is 13.8 Å². The molecule has 164 valence electrons. The monoisotopic (exact) mass is 408 g/mol. The average molecular weight is 409 g/mol. The minimum Gasteiger partial charge on any atom is -0.462 e. The molecule has 0 aromatic heterocycles. The maximum atomic E-state index is 12.0. The Labute approximate surface area is 173 Å². The van der Waals surface area contributed by atoms with Crippen molar-refractivity contribution in [2.75, 3.05) is 6.61 Å². The first-order chi connectivity index (χ1) is 13.6. The fraction of sp³-hybridized carbons (Fsp3) is 0.913. The van der Waals surface area contributed by atoms with Gasteiger partial charge in [0.2, 0.25) is 0 Å². The Kier molecular flexibility index (Phi) is 5.05. The SMILES string of the molecule is CC(=O)O[C@@H]1CC[C@]2(C)[C@@H]3CC[C@@]4(C)[C@@H](OC(C)=O)CC[C@@H]4[C@@H]3[C@H](CO)[C@]2(O)C1. The molecule has 4 fully saturated rings. The number of aliphatic hydroxyl groups is 2. The molecule has 4 aliphatic rings. The van der Waals surface area contributed by atoms with Crippen molar-refractivity contribution in [2.24, 2.45) is 34.5 Å². The second-order valence-corrected chi connectivity index (χ2v) is 10.6. The number of esters is 2. The maximum Gasteiger partial charge on any atom is 0.302 e. The molecule has 6 nitrogen and oxygen atoms in total. The van der Waals surface area contributed by atoms with Crippen LogP contribution in [0.5, 0.6) is 0 Å². The van der Waals surface area contributed by atoms with Crippen LogP contribution in [-0.2, 0) is 19.1 Å². The van der Waals surface area contributed by atoms with Crippen molar-refractivity contribution in [3.63, 3.8) is 0 Å². The zero-order valence-corrected chi connectivity index (χ0v) is 18.1. The van der Waals surface area contributed by atoms with Gasteiger partial charge in [-0.05, 0) is 56.3 Å². The Bertz CT molecular complexity index is 693. The van der Waals surface area contributed by atoms with Crippen LogP contribution in [0.4, 0.5) is 0 Å². The normalized spacial score (nSPS) is 51.0. The van der Waals surface area contributed by atoms with E-state index in [9.17, 15) is 19.8 Å². The molecule has 0 aromatic carbocycles. The van der Waals surface area contributed by atoms with Crippen molar-refractivity contribution < 1.29 is 29.3 Å². The molecule has 0 aromatic rings. The number of carbonyl (C=O) groups is 2. The van der Waals surface area contributed by atoms with Crippen molar-refractivity contribution in [2.45, 2.75) is 90.4 Å². The predicted octanol–water partition coefficient (Wildman–Crippen LogP) is 2.84. The molecule has 0 spiro atoms. The number of aliphatic hydroxyl groups excluding tert-OH is 1. The number of carbonyl (C=O) groups excluding carboxylic acids is 2. The van der Waals surface area contributed by atoms with Crippen LogP contribution in [0.1, 0.15) is 72.6 Å². The summed E-state index contributed by atoms with van der Waals surface area (Å²) in [5, 5.41) is 22.5. The highest BCUT2D eigenvalue weighted by atomic mass is 16.5. The molecule has 0 saturated heterocycles. The fourth-order valence-corrected chi connectivity index (χ4v) is 8.21. The van der Waals surface area contributed by atoms with E-state index in [-0.39, 0.29) is 53.4 Å². The predicted molar refractivity (Wildman–Crippen MR) is 106 cm³/mol. The van der Waals surface area contributed by atoms with Crippen LogP contribution in [0.3, 0.4) is 0 Å². The summed E-state index contributed by atoms with van der Waals surface area (Å²) in [7, 11) is 0. The maximum absolute atomic E-state index is 12.0. The Balaban J connectivity index is 1.67. The van der Waals surface area contributed by atoms with E-state index >= 15 is 0 Å². The van der Waals surface area contributed by atoms with Crippen LogP contribution in [0.15, 0.2) is 0 Å². The molecule has 9 atom stereocenters. The first-order valence-corrected chi connectivity index (χ1v) is 11.2. The van der Waals surface area contributed by atoms with Gasteiger partial charge in [0.25, 0.3) is 0 Å². The van der Waals surface area contributed by atoms with Gasteiger partial charge in [-0.3, -0.25) is 9.59 Å². The molecule has 2 N–H and O–H groups in total. The Hall–Kier alpha value is -1.14. The van der Waals surface area contributed by atoms with E-state index < -0.39 is 5.60 Å². The van der Waals surface area contributed by atoms with Gasteiger partial charge in [0.1, 0.15) is 12.2 Å². The lowest BCUT2D eigenvalue weighted by Gasteiger charge is -2.52. The molecule has 0 amide bonds. The van der Waals surface area contributed by atoms with Crippen molar-refractivity contribution in [1.82, 2.24) is 0 Å². The summed E-state index contributed by atoms with van der Waals surface area (Å²) in [5.41, 5.74) is -1.43. The highest BCUT2D eigenvalue weighted by molar-refractivity contribution is 5.66. The van der Waals surface area contributed by atoms with Crippen LogP contribution >= 0.6 is 0 Å². The van der Waals surface area contributed by atoms with Gasteiger partial charge in [-0.15, -0.1) is 0 Å². The molecule has 0 radical (unpaired) electrons. The van der Waals surface area contributed by atoms with Crippen LogP contribution in [0, 0.1) is 34.5 Å². The van der Waals surface area contributed by atoms with Gasteiger partial charge in [-0.2, -0.15) is 0 Å². The topological polar surface area (TPSA) is 93.1 Å². The number of hydrogen-bond acceptors (Lipinski definition) is 6. The lowest BCUT2D eigenvalue weighted by atomic mass is 9.55. The van der Waals surface area contributed by atoms with Crippen molar-refractivity contribution in [1.29, 1.82) is 0 Å². The Morgan fingerprint density at radius 2 is 1.66 bits per heavy atom. The van der Waals surface area contributed by atoms with Crippen LogP contribution in [-0.4, -0.2) is 46.6 Å². The standard InChI is InChI=1S/C23H36O6/c1-13(25)28-15-7-10-22(4)17-8-9-21(3)16(5-6-19(21)29-14(2)26)20(17)18(12-24)23(22,27)11-15/h15-20,24,27H,5-12H2,1-4H3/t15-,16-,17-,18+,19+,20+,21-,22-,23-/m1/s1. The lowest BCUT2D eigenvalue weighted by molar-refractivity contribution is -0.177. The molecule has 29 heavy (non-hydrogen) atoms. The minimum absolute atomic E-state index is 0.0646. The quantitative estimate of drug-likeness (QED) is 0.698. The van der Waals surface area contributed by atoms with Crippen molar-refractivity contribution in [3.05, 3.63) is 0 Å². The molecule has 4 saturated carbocycles. The zero-order chi connectivity index (χ0) is 21.2. The largest absolute Gasteiger partial charge is 0.462 e. The summed E-state index contributed by atoms with van der Waals surface area (Å²) in [6.07, 6.45) is 5.37. The van der Waals surface area contributed by atoms with Gasteiger partial charge in [-0.1, -0.05) is 13.8 Å². The van der Waals surface area contributed by atoms with Crippen LogP contribution < -0.4 is 0 Å². The van der Waals surface area contributed by atoms with Gasteiger partial charge >= 0.3 is 11.9 Å². The Morgan fingerprint density at radius 3 is 2.28 bits per heavy atom. The molecule has 6 heteroatoms. The second-order valence-electron chi connectivity index (χ2n) is 10.6. The summed E-state index contributed by atoms with van der Waals surface area (Å²) < 4.78 is 11.2. The van der Waals surface area contributed by atoms with Gasteiger partial charge in [0.05, 0.1) is 5.60 Å². The number of rotatable bonds is 3. The van der Waals surface area contributed by atoms with E-state index in [0.29, 0.717) is 18.3 Å². The number of hydrogen-bond donors (Lipinski definition) is 2. The van der Waals surface area contributed by atoms with Gasteiger partial charge in [0, 0.05) is 43.6 Å². The zero-order valence-electron chi connectivity index (χ0n) is 18.1. The van der Waals surface area contributed by atoms with E-state index in [2.05, 4.69) is 13.8 Å². The molecular formula is C23H36O6. The molecular weight excluding hydrogens is 372 g/mol. The highest BCUT2D eigenvalue weighted by Gasteiger charge is 2.72. The average Bonchev–Trinajstić information content (AvgIpc) is 3.04. The lowest BCUT2D eigenvalue weighted by Crippen LogP contribution is -2.55. The van der Waals surface area contributed by atoms with E-state index in [0.717, 1.165) is 38.5 Å². The molecule has 0 unspecified atom stereocenters. The first kappa shape index (κ1) is 21.1. The van der Waals surface area contributed by atoms with Gasteiger partial charge in [0.15, 0.2) is 0 Å². The third-order valence-corrected chi connectivity index (χ3v) is 9.49. The van der Waals surface area contributed by atoms with Crippen molar-refractivity contribution >= 4 is 11.9 Å². The number of ether oxygens (including phenoxy) is 2. The molecule has 0 aliphatic heterocycles. The molecule has 0 bridgehead atoms. The third-order valence-electron chi connectivity index (χ3n) is 9.49. The molecule has 4 aliphatic carbocycles. The van der Waals surface area contributed by atoms with E-state index in [1.807, 2.05) is 0 Å². The van der Waals surface area contributed by atoms with Gasteiger partial charge in [-0.25, -0.2) is 0 Å². The van der Waals surface area contributed by atoms with E-state index in [1.54, 1.807) is 0 Å². The minimum atomic E-state index is -1.04. The summed E-state index contributed by atoms with van der Waals surface area (Å²) >= 11 is 0. The van der Waals surface area contributed by atoms with Crippen molar-refractivity contribution in [3.8, 4) is 0 Å². The smallest absolute Gasteiger partial charge is 0.302 e. The first-order valence-electron chi connectivity index (χ1n) is 11.2. The van der Waals surface area contributed by atoms with Crippen LogP contribution in [0.2, 0.25) is 0 Å². The summed E-state index contributed by atoms with van der Waals surface area (Å²) in [6, 6.07) is 0. The summed E-state index contributed by atoms with van der Waals surface area (Å²) in [5.74, 6) is 0.0683. The third kappa shape index (κ3) is 2.88. The highest BCUT2D eigenvalue weighted by Crippen LogP contribution is 2.72. The summed E-state index contributed by atoms with van der Waals surface area (Å²) in [4.78, 5) is 23.2. The summed E-state index contributed by atoms with van der Waals surface area (Å²) in [6.45, 7) is 7.24.